The van der Waals surface area contributed by atoms with Crippen molar-refractivity contribution in [3.05, 3.63) is 24.3 Å². The zero-order valence-electron chi connectivity index (χ0n) is 39.5. The van der Waals surface area contributed by atoms with Crippen molar-refractivity contribution in [2.45, 2.75) is 303 Å². The van der Waals surface area contributed by atoms with Crippen LogP contribution >= 0.6 is 0 Å². The lowest BCUT2D eigenvalue weighted by molar-refractivity contribution is -0.153. The number of unbranched alkanes of at least 4 members (excludes halogenated alkanes) is 28. The second kappa shape index (κ2) is 46.4. The molecule has 0 radical (unpaired) electrons. The van der Waals surface area contributed by atoms with Gasteiger partial charge in [-0.2, -0.15) is 0 Å². The van der Waals surface area contributed by atoms with Crippen LogP contribution in [0.25, 0.3) is 0 Å². The van der Waals surface area contributed by atoms with Crippen LogP contribution in [0.5, 0.6) is 0 Å². The summed E-state index contributed by atoms with van der Waals surface area (Å²) in [5.41, 5.74) is 6.36. The smallest absolute Gasteiger partial charge is 0.323 e. The highest BCUT2D eigenvalue weighted by molar-refractivity contribution is 5.77. The number of rotatable bonds is 46. The number of ether oxygens (including phenoxy) is 2. The Morgan fingerprint density at radius 2 is 0.690 bits per heavy atom. The monoisotopic (exact) mass is 816 g/mol. The molecule has 0 aliphatic rings. The van der Waals surface area contributed by atoms with Gasteiger partial charge in [-0.05, 0) is 83.5 Å². The van der Waals surface area contributed by atoms with Gasteiger partial charge in [0.05, 0.1) is 0 Å². The van der Waals surface area contributed by atoms with Crippen molar-refractivity contribution < 1.29 is 19.1 Å². The minimum Gasteiger partial charge on any atom is -0.462 e. The molecule has 3 atom stereocenters. The van der Waals surface area contributed by atoms with Crippen LogP contribution in [0.2, 0.25) is 0 Å². The zero-order chi connectivity index (χ0) is 42.4. The fourth-order valence-corrected chi connectivity index (χ4v) is 7.90. The number of hydrogen-bond donors (Lipinski definition) is 1. The minimum atomic E-state index is -0.803. The lowest BCUT2D eigenvalue weighted by atomic mass is 10.0. The number of allylic oxidation sites excluding steroid dienone is 4. The average molecular weight is 816 g/mol. The van der Waals surface area contributed by atoms with Gasteiger partial charge in [-0.1, -0.05) is 219 Å². The third kappa shape index (κ3) is 41.1. The Bertz CT molecular complexity index is 916. The molecule has 0 bridgehead atoms. The molecule has 0 spiro atoms. The Kier molecular flexibility index (Phi) is 45.1. The SMILES string of the molecule is CCCCC/C=C/CCC(CCCCCCCCCCCCCC)OC(=O)CC[C@H](N)C(=O)OC(CC/C=C/CCCCC)CCCCCCCCCCCCCC. The molecule has 342 valence electrons. The van der Waals surface area contributed by atoms with Gasteiger partial charge in [0.1, 0.15) is 18.2 Å². The lowest BCUT2D eigenvalue weighted by Crippen LogP contribution is -2.35. The van der Waals surface area contributed by atoms with Gasteiger partial charge in [-0.15, -0.1) is 0 Å². The number of hydrogen-bond acceptors (Lipinski definition) is 5. The molecule has 0 saturated carbocycles. The predicted molar refractivity (Wildman–Crippen MR) is 253 cm³/mol. The Morgan fingerprint density at radius 3 is 1.07 bits per heavy atom. The molecule has 0 aliphatic carbocycles. The van der Waals surface area contributed by atoms with Gasteiger partial charge in [0.15, 0.2) is 0 Å². The molecule has 2 unspecified atom stereocenters. The summed E-state index contributed by atoms with van der Waals surface area (Å²) in [7, 11) is 0. The van der Waals surface area contributed by atoms with Crippen LogP contribution in [0, 0.1) is 0 Å². The number of esters is 2. The van der Waals surface area contributed by atoms with E-state index in [1.54, 1.807) is 0 Å². The van der Waals surface area contributed by atoms with Crippen LogP contribution in [0.3, 0.4) is 0 Å². The van der Waals surface area contributed by atoms with E-state index in [0.29, 0.717) is 0 Å². The molecule has 0 rings (SSSR count). The molecule has 5 nitrogen and oxygen atoms in total. The molecule has 0 amide bonds. The first-order valence-corrected chi connectivity index (χ1v) is 25.9. The van der Waals surface area contributed by atoms with Gasteiger partial charge < -0.3 is 15.2 Å². The van der Waals surface area contributed by atoms with E-state index < -0.39 is 6.04 Å². The fraction of sp³-hybridized carbons (Fsp3) is 0.887. The van der Waals surface area contributed by atoms with Gasteiger partial charge in [0.2, 0.25) is 0 Å². The highest BCUT2D eigenvalue weighted by Crippen LogP contribution is 2.20. The van der Waals surface area contributed by atoms with Crippen molar-refractivity contribution in [2.24, 2.45) is 5.73 Å². The highest BCUT2D eigenvalue weighted by atomic mass is 16.5. The average Bonchev–Trinajstić information content (AvgIpc) is 3.22. The van der Waals surface area contributed by atoms with E-state index >= 15 is 0 Å². The first-order valence-electron chi connectivity index (χ1n) is 25.9. The van der Waals surface area contributed by atoms with Crippen LogP contribution in [0.15, 0.2) is 24.3 Å². The summed E-state index contributed by atoms with van der Waals surface area (Å²) in [4.78, 5) is 26.3. The Labute approximate surface area is 362 Å². The van der Waals surface area contributed by atoms with Crippen LogP contribution < -0.4 is 5.73 Å². The largest absolute Gasteiger partial charge is 0.462 e. The number of carbonyl (C=O) groups is 2. The van der Waals surface area contributed by atoms with Gasteiger partial charge >= 0.3 is 11.9 Å². The second-order valence-corrected chi connectivity index (χ2v) is 17.8. The zero-order valence-corrected chi connectivity index (χ0v) is 39.5. The van der Waals surface area contributed by atoms with Crippen molar-refractivity contribution in [1.29, 1.82) is 0 Å². The van der Waals surface area contributed by atoms with Crippen LogP contribution in [0.1, 0.15) is 285 Å². The molecule has 5 heteroatoms. The van der Waals surface area contributed by atoms with E-state index in [1.807, 2.05) is 0 Å². The highest BCUT2D eigenvalue weighted by Gasteiger charge is 2.22. The summed E-state index contributed by atoms with van der Waals surface area (Å²) < 4.78 is 12.1. The topological polar surface area (TPSA) is 78.6 Å². The van der Waals surface area contributed by atoms with Crippen molar-refractivity contribution in [1.82, 2.24) is 0 Å². The van der Waals surface area contributed by atoms with Gasteiger partial charge in [0, 0.05) is 6.42 Å². The molecule has 0 aromatic rings. The quantitative estimate of drug-likeness (QED) is 0.0376. The normalized spacial score (nSPS) is 13.4. The Morgan fingerprint density at radius 1 is 0.379 bits per heavy atom. The van der Waals surface area contributed by atoms with Gasteiger partial charge in [-0.25, -0.2) is 0 Å². The molecular formula is C53H101NO4. The fourth-order valence-electron chi connectivity index (χ4n) is 7.90. The van der Waals surface area contributed by atoms with Gasteiger partial charge in [0.25, 0.3) is 0 Å². The summed E-state index contributed by atoms with van der Waals surface area (Å²) in [6, 6.07) is -0.803. The summed E-state index contributed by atoms with van der Waals surface area (Å²) in [6.07, 6.45) is 56.0. The van der Waals surface area contributed by atoms with Crippen molar-refractivity contribution >= 4 is 11.9 Å². The summed E-state index contributed by atoms with van der Waals surface area (Å²) in [5.74, 6) is -0.606. The third-order valence-corrected chi connectivity index (χ3v) is 11.9. The van der Waals surface area contributed by atoms with Crippen molar-refractivity contribution in [2.75, 3.05) is 0 Å². The van der Waals surface area contributed by atoms with Crippen LogP contribution in [0.4, 0.5) is 0 Å². The van der Waals surface area contributed by atoms with E-state index in [9.17, 15) is 9.59 Å². The van der Waals surface area contributed by atoms with Crippen molar-refractivity contribution in [3.63, 3.8) is 0 Å². The number of carbonyl (C=O) groups excluding carboxylic acids is 2. The second-order valence-electron chi connectivity index (χ2n) is 17.8. The molecule has 58 heavy (non-hydrogen) atoms. The molecule has 0 fully saturated rings. The van der Waals surface area contributed by atoms with Crippen molar-refractivity contribution in [3.8, 4) is 0 Å². The van der Waals surface area contributed by atoms with E-state index in [2.05, 4.69) is 52.0 Å². The van der Waals surface area contributed by atoms with E-state index in [1.165, 1.54) is 180 Å². The summed E-state index contributed by atoms with van der Waals surface area (Å²) in [5, 5.41) is 0. The molecule has 0 aromatic heterocycles. The Balaban J connectivity index is 4.79. The third-order valence-electron chi connectivity index (χ3n) is 11.9. The van der Waals surface area contributed by atoms with E-state index in [0.717, 1.165) is 64.2 Å². The maximum Gasteiger partial charge on any atom is 0.323 e. The molecule has 0 aliphatic heterocycles. The summed E-state index contributed by atoms with van der Waals surface area (Å²) in [6.45, 7) is 9.03. The van der Waals surface area contributed by atoms with E-state index in [4.69, 9.17) is 15.2 Å². The maximum atomic E-state index is 13.2. The molecule has 0 saturated heterocycles. The first-order chi connectivity index (χ1) is 28.5. The number of nitrogens with two attached hydrogens (primary N) is 1. The van der Waals surface area contributed by atoms with E-state index in [-0.39, 0.29) is 37.0 Å². The minimum absolute atomic E-state index is 0.0750. The molecule has 2 N–H and O–H groups in total. The van der Waals surface area contributed by atoms with Gasteiger partial charge in [-0.3, -0.25) is 9.59 Å². The Hall–Kier alpha value is -1.62. The summed E-state index contributed by atoms with van der Waals surface area (Å²) >= 11 is 0. The lowest BCUT2D eigenvalue weighted by Gasteiger charge is -2.21. The maximum absolute atomic E-state index is 13.2. The first kappa shape index (κ1) is 56.4. The van der Waals surface area contributed by atoms with Crippen LogP contribution in [-0.4, -0.2) is 30.2 Å². The standard InChI is InChI=1S/C53H101NO4/c1-5-9-13-17-21-23-25-27-29-33-37-40-44-49(43-39-35-31-19-15-11-7-3)57-52(55)48-47-51(54)53(56)58-50(45-41-36-32-20-16-12-8-4)46-42-38-34-30-28-26-24-22-18-14-10-6-2/h31-32,35-36,49-51H,5-30,33-34,37-48,54H2,1-4H3/b35-31+,36-32+/t49?,50?,51-/m0/s1. The predicted octanol–water partition coefficient (Wildman–Crippen LogP) is 16.9. The molecule has 0 heterocycles. The molecular weight excluding hydrogens is 715 g/mol. The van der Waals surface area contributed by atoms with Crippen LogP contribution in [-0.2, 0) is 19.1 Å². The molecule has 0 aromatic carbocycles.